The summed E-state index contributed by atoms with van der Waals surface area (Å²) in [5.41, 5.74) is 3.83. The molecular weight excluding hydrogens is 236 g/mol. The highest BCUT2D eigenvalue weighted by Gasteiger charge is 2.07. The number of aromatic nitrogens is 1. The topological polar surface area (TPSA) is 80.0 Å². The van der Waals surface area contributed by atoms with Crippen molar-refractivity contribution in [3.63, 3.8) is 0 Å². The number of nitrogen functional groups attached to an aromatic ring is 1. The van der Waals surface area contributed by atoms with Gasteiger partial charge >= 0.3 is 0 Å². The lowest BCUT2D eigenvalue weighted by Crippen LogP contribution is -2.12. The Balaban J connectivity index is 2.09. The predicted molar refractivity (Wildman–Crippen MR) is 69.1 cm³/mol. The van der Waals surface area contributed by atoms with Crippen LogP contribution in [-0.4, -0.2) is 10.9 Å². The van der Waals surface area contributed by atoms with Gasteiger partial charge < -0.3 is 5.43 Å². The van der Waals surface area contributed by atoms with E-state index >= 15 is 0 Å². The van der Waals surface area contributed by atoms with E-state index in [4.69, 9.17) is 5.84 Å². The maximum Gasteiger partial charge on any atom is 0.257 e. The number of hydrogen-bond donors (Lipinski definition) is 3. The third-order valence-corrected chi connectivity index (χ3v) is 2.98. The van der Waals surface area contributed by atoms with Crippen molar-refractivity contribution in [2.45, 2.75) is 6.92 Å². The summed E-state index contributed by atoms with van der Waals surface area (Å²) in [5.74, 6) is 5.07. The van der Waals surface area contributed by atoms with Crippen molar-refractivity contribution in [3.05, 3.63) is 40.9 Å². The third kappa shape index (κ3) is 2.80. The van der Waals surface area contributed by atoms with Crippen molar-refractivity contribution in [1.29, 1.82) is 0 Å². The van der Waals surface area contributed by atoms with Gasteiger partial charge in [-0.1, -0.05) is 0 Å². The molecule has 0 atom stereocenters. The molecule has 0 aliphatic carbocycles. The fourth-order valence-electron chi connectivity index (χ4n) is 1.30. The van der Waals surface area contributed by atoms with E-state index < -0.39 is 0 Å². The second kappa shape index (κ2) is 4.94. The van der Waals surface area contributed by atoms with Crippen LogP contribution in [0.15, 0.2) is 30.5 Å². The van der Waals surface area contributed by atoms with E-state index in [9.17, 15) is 4.79 Å². The molecule has 0 fully saturated rings. The smallest absolute Gasteiger partial charge is 0.257 e. The van der Waals surface area contributed by atoms with Crippen molar-refractivity contribution in [2.24, 2.45) is 5.84 Å². The number of nitrogens with zero attached hydrogens (tertiary/aromatic N) is 1. The lowest BCUT2D eigenvalue weighted by atomic mass is 10.2. The number of nitrogens with one attached hydrogen (secondary N) is 2. The number of hydrogen-bond acceptors (Lipinski definition) is 5. The molecule has 5 nitrogen and oxygen atoms in total. The number of anilines is 2. The van der Waals surface area contributed by atoms with Gasteiger partial charge in [0.05, 0.1) is 0 Å². The van der Waals surface area contributed by atoms with Crippen molar-refractivity contribution in [1.82, 2.24) is 4.98 Å². The molecule has 0 spiro atoms. The second-order valence-electron chi connectivity index (χ2n) is 3.45. The van der Waals surface area contributed by atoms with E-state index in [1.54, 1.807) is 30.5 Å². The molecule has 0 saturated carbocycles. The number of benzene rings is 1. The first-order chi connectivity index (χ1) is 8.19. The molecule has 6 heteroatoms. The van der Waals surface area contributed by atoms with E-state index in [0.717, 1.165) is 10.6 Å². The molecule has 1 aromatic heterocycles. The number of carbonyl (C=O) groups excluding carboxylic acids is 1. The first-order valence-electron chi connectivity index (χ1n) is 4.99. The Hall–Kier alpha value is -1.92. The van der Waals surface area contributed by atoms with Crippen LogP contribution < -0.4 is 16.6 Å². The molecule has 1 aromatic carbocycles. The highest BCUT2D eigenvalue weighted by atomic mass is 32.1. The minimum atomic E-state index is -0.178. The average molecular weight is 248 g/mol. The van der Waals surface area contributed by atoms with Crippen LogP contribution in [0.25, 0.3) is 0 Å². The fourth-order valence-corrected chi connectivity index (χ4v) is 1.96. The van der Waals surface area contributed by atoms with Gasteiger partial charge in [0.2, 0.25) is 0 Å². The zero-order valence-electron chi connectivity index (χ0n) is 9.23. The Morgan fingerprint density at radius 3 is 2.59 bits per heavy atom. The lowest BCUT2D eigenvalue weighted by Gasteiger charge is -2.03. The SMILES string of the molecule is Cc1cnc(NC(=O)c2ccc(NN)cc2)s1. The Bertz CT molecular complexity index is 521. The van der Waals surface area contributed by atoms with Gasteiger partial charge in [-0.3, -0.25) is 16.0 Å². The van der Waals surface area contributed by atoms with Gasteiger partial charge in [-0.2, -0.15) is 0 Å². The molecule has 88 valence electrons. The Morgan fingerprint density at radius 2 is 2.06 bits per heavy atom. The largest absolute Gasteiger partial charge is 0.324 e. The standard InChI is InChI=1S/C11H12N4OS/c1-7-6-13-11(17-7)14-10(16)8-2-4-9(15-12)5-3-8/h2-6,15H,12H2,1H3,(H,13,14,16). The minimum Gasteiger partial charge on any atom is -0.324 e. The van der Waals surface area contributed by atoms with Crippen LogP contribution >= 0.6 is 11.3 Å². The third-order valence-electron chi connectivity index (χ3n) is 2.16. The van der Waals surface area contributed by atoms with Crippen molar-refractivity contribution < 1.29 is 4.79 Å². The first-order valence-corrected chi connectivity index (χ1v) is 5.81. The Kier molecular flexibility index (Phi) is 3.36. The summed E-state index contributed by atoms with van der Waals surface area (Å²) in [5, 5.41) is 3.34. The van der Waals surface area contributed by atoms with Gasteiger partial charge in [0.15, 0.2) is 5.13 Å². The summed E-state index contributed by atoms with van der Waals surface area (Å²) in [6, 6.07) is 6.88. The predicted octanol–water partition coefficient (Wildman–Crippen LogP) is 1.99. The molecule has 17 heavy (non-hydrogen) atoms. The lowest BCUT2D eigenvalue weighted by molar-refractivity contribution is 0.102. The van der Waals surface area contributed by atoms with E-state index in [2.05, 4.69) is 15.7 Å². The maximum absolute atomic E-state index is 11.8. The van der Waals surface area contributed by atoms with Gasteiger partial charge in [0.25, 0.3) is 5.91 Å². The number of hydrazine groups is 1. The first kappa shape index (κ1) is 11.6. The number of thiazole rings is 1. The summed E-state index contributed by atoms with van der Waals surface area (Å²) in [6.45, 7) is 1.94. The maximum atomic E-state index is 11.8. The number of nitrogens with two attached hydrogens (primary N) is 1. The van der Waals surface area contributed by atoms with Gasteiger partial charge in [-0.05, 0) is 31.2 Å². The van der Waals surface area contributed by atoms with Gasteiger partial charge in [-0.15, -0.1) is 11.3 Å². The monoisotopic (exact) mass is 248 g/mol. The van der Waals surface area contributed by atoms with Crippen LogP contribution in [0, 0.1) is 6.92 Å². The molecule has 0 radical (unpaired) electrons. The van der Waals surface area contributed by atoms with Crippen LogP contribution in [-0.2, 0) is 0 Å². The Labute approximate surface area is 103 Å². The number of aryl methyl sites for hydroxylation is 1. The van der Waals surface area contributed by atoms with Crippen LogP contribution in [0.3, 0.4) is 0 Å². The number of carbonyl (C=O) groups is 1. The van der Waals surface area contributed by atoms with E-state index in [-0.39, 0.29) is 5.91 Å². The number of rotatable bonds is 3. The number of amides is 1. The van der Waals surface area contributed by atoms with E-state index in [1.807, 2.05) is 6.92 Å². The van der Waals surface area contributed by atoms with Gasteiger partial charge in [0.1, 0.15) is 0 Å². The van der Waals surface area contributed by atoms with Crippen molar-refractivity contribution in [3.8, 4) is 0 Å². The quantitative estimate of drug-likeness (QED) is 0.573. The van der Waals surface area contributed by atoms with Crippen molar-refractivity contribution in [2.75, 3.05) is 10.7 Å². The zero-order chi connectivity index (χ0) is 12.3. The molecule has 0 unspecified atom stereocenters. The molecule has 1 amide bonds. The summed E-state index contributed by atoms with van der Waals surface area (Å²) in [4.78, 5) is 17.0. The molecular formula is C11H12N4OS. The molecule has 0 aliphatic heterocycles. The normalized spacial score (nSPS) is 10.0. The molecule has 0 saturated heterocycles. The summed E-state index contributed by atoms with van der Waals surface area (Å²) in [6.07, 6.45) is 1.72. The molecule has 1 heterocycles. The summed E-state index contributed by atoms with van der Waals surface area (Å²) in [7, 11) is 0. The highest BCUT2D eigenvalue weighted by molar-refractivity contribution is 7.15. The highest BCUT2D eigenvalue weighted by Crippen LogP contribution is 2.17. The molecule has 0 aliphatic rings. The molecule has 2 rings (SSSR count). The molecule has 4 N–H and O–H groups in total. The summed E-state index contributed by atoms with van der Waals surface area (Å²) >= 11 is 1.44. The molecule has 0 bridgehead atoms. The van der Waals surface area contributed by atoms with Gasteiger partial charge in [0, 0.05) is 22.3 Å². The van der Waals surface area contributed by atoms with E-state index in [0.29, 0.717) is 10.7 Å². The van der Waals surface area contributed by atoms with Crippen LogP contribution in [0.5, 0.6) is 0 Å². The second-order valence-corrected chi connectivity index (χ2v) is 4.69. The van der Waals surface area contributed by atoms with Crippen LogP contribution in [0.2, 0.25) is 0 Å². The van der Waals surface area contributed by atoms with Crippen LogP contribution in [0.1, 0.15) is 15.2 Å². The molecule has 2 aromatic rings. The zero-order valence-corrected chi connectivity index (χ0v) is 10.0. The minimum absolute atomic E-state index is 0.178. The summed E-state index contributed by atoms with van der Waals surface area (Å²) < 4.78 is 0. The fraction of sp³-hybridized carbons (Fsp3) is 0.0909. The van der Waals surface area contributed by atoms with Gasteiger partial charge in [-0.25, -0.2) is 4.98 Å². The van der Waals surface area contributed by atoms with Crippen LogP contribution in [0.4, 0.5) is 10.8 Å². The van der Waals surface area contributed by atoms with E-state index in [1.165, 1.54) is 11.3 Å². The average Bonchev–Trinajstić information content (AvgIpc) is 2.75. The van der Waals surface area contributed by atoms with Crippen molar-refractivity contribution >= 4 is 28.1 Å². The Morgan fingerprint density at radius 1 is 1.35 bits per heavy atom.